The first-order valence-corrected chi connectivity index (χ1v) is 7.16. The minimum absolute atomic E-state index is 0.123. The summed E-state index contributed by atoms with van der Waals surface area (Å²) in [5.41, 5.74) is 0.678. The lowest BCUT2D eigenvalue weighted by atomic mass is 9.81. The van der Waals surface area contributed by atoms with Crippen LogP contribution in [-0.4, -0.2) is 17.1 Å². The molecule has 1 nitrogen and oxygen atoms in total. The quantitative estimate of drug-likeness (QED) is 0.871. The molecule has 0 radical (unpaired) electrons. The van der Waals surface area contributed by atoms with E-state index in [0.717, 1.165) is 0 Å². The van der Waals surface area contributed by atoms with Crippen molar-refractivity contribution in [3.8, 4) is 0 Å². The molecule has 1 atom stereocenters. The van der Waals surface area contributed by atoms with E-state index in [1.54, 1.807) is 6.07 Å². The van der Waals surface area contributed by atoms with Crippen molar-refractivity contribution in [1.29, 1.82) is 0 Å². The predicted molar refractivity (Wildman–Crippen MR) is 70.7 cm³/mol. The largest absolute Gasteiger partial charge is 0.392 e. The fourth-order valence-corrected chi connectivity index (χ4v) is 3.10. The van der Waals surface area contributed by atoms with Gasteiger partial charge >= 0.3 is 0 Å². The molecular formula is C14H16BrF3O. The van der Waals surface area contributed by atoms with E-state index in [4.69, 9.17) is 0 Å². The van der Waals surface area contributed by atoms with Gasteiger partial charge in [0.15, 0.2) is 0 Å². The maximum atomic E-state index is 13.2. The van der Waals surface area contributed by atoms with Crippen LogP contribution >= 0.6 is 15.9 Å². The Kier molecular flexibility index (Phi) is 4.56. The number of alkyl halides is 2. The second kappa shape index (κ2) is 5.83. The van der Waals surface area contributed by atoms with Crippen molar-refractivity contribution >= 4 is 15.9 Å². The van der Waals surface area contributed by atoms with Gasteiger partial charge in [-0.25, -0.2) is 13.2 Å². The Hall–Kier alpha value is -0.550. The van der Waals surface area contributed by atoms with Gasteiger partial charge in [-0.15, -0.1) is 0 Å². The van der Waals surface area contributed by atoms with Gasteiger partial charge in [-0.05, 0) is 48.9 Å². The number of halogens is 4. The Morgan fingerprint density at radius 3 is 2.47 bits per heavy atom. The lowest BCUT2D eigenvalue weighted by molar-refractivity contribution is -0.0619. The van der Waals surface area contributed by atoms with Crippen molar-refractivity contribution in [2.24, 2.45) is 5.92 Å². The van der Waals surface area contributed by atoms with E-state index in [9.17, 15) is 18.3 Å². The second-order valence-electron chi connectivity index (χ2n) is 5.24. The molecule has 0 spiro atoms. The molecule has 1 aromatic carbocycles. The summed E-state index contributed by atoms with van der Waals surface area (Å²) in [5.74, 6) is -3.08. The number of hydrogen-bond acceptors (Lipinski definition) is 1. The highest BCUT2D eigenvalue weighted by molar-refractivity contribution is 9.10. The minimum Gasteiger partial charge on any atom is -0.392 e. The summed E-state index contributed by atoms with van der Waals surface area (Å²) in [7, 11) is 0. The topological polar surface area (TPSA) is 20.2 Å². The zero-order chi connectivity index (χ0) is 14.0. The highest BCUT2D eigenvalue weighted by Gasteiger charge is 2.37. The van der Waals surface area contributed by atoms with Crippen molar-refractivity contribution in [2.75, 3.05) is 0 Å². The SMILES string of the molecule is OC(Cc1cc(F)cc(Br)c1)C1CCC(F)(F)CC1. The van der Waals surface area contributed by atoms with E-state index in [1.807, 2.05) is 0 Å². The maximum absolute atomic E-state index is 13.2. The molecule has 0 saturated heterocycles. The van der Waals surface area contributed by atoms with Crippen LogP contribution in [0.1, 0.15) is 31.2 Å². The molecule has 2 rings (SSSR count). The van der Waals surface area contributed by atoms with Crippen LogP contribution in [0.15, 0.2) is 22.7 Å². The third-order valence-electron chi connectivity index (χ3n) is 3.67. The average Bonchev–Trinajstić information content (AvgIpc) is 2.26. The van der Waals surface area contributed by atoms with Crippen LogP contribution < -0.4 is 0 Å². The summed E-state index contributed by atoms with van der Waals surface area (Å²) < 4.78 is 39.9. The predicted octanol–water partition coefficient (Wildman–Crippen LogP) is 4.32. The smallest absolute Gasteiger partial charge is 0.248 e. The molecule has 0 aliphatic heterocycles. The first kappa shape index (κ1) is 14.9. The molecule has 0 bridgehead atoms. The van der Waals surface area contributed by atoms with E-state index in [0.29, 0.717) is 29.3 Å². The number of benzene rings is 1. The average molecular weight is 337 g/mol. The summed E-state index contributed by atoms with van der Waals surface area (Å²) in [6.45, 7) is 0. The third kappa shape index (κ3) is 4.21. The van der Waals surface area contributed by atoms with E-state index in [1.165, 1.54) is 12.1 Å². The molecule has 1 unspecified atom stereocenters. The molecule has 0 amide bonds. The lowest BCUT2D eigenvalue weighted by Crippen LogP contribution is -2.32. The first-order valence-electron chi connectivity index (χ1n) is 6.36. The minimum atomic E-state index is -2.59. The maximum Gasteiger partial charge on any atom is 0.248 e. The van der Waals surface area contributed by atoms with Crippen molar-refractivity contribution in [1.82, 2.24) is 0 Å². The van der Waals surface area contributed by atoms with Crippen molar-refractivity contribution in [3.63, 3.8) is 0 Å². The molecule has 1 aliphatic rings. The van der Waals surface area contributed by atoms with E-state index < -0.39 is 12.0 Å². The van der Waals surface area contributed by atoms with Crippen LogP contribution in [0, 0.1) is 11.7 Å². The molecule has 1 saturated carbocycles. The van der Waals surface area contributed by atoms with Crippen LogP contribution in [0.5, 0.6) is 0 Å². The second-order valence-corrected chi connectivity index (χ2v) is 6.16. The van der Waals surface area contributed by atoms with Gasteiger partial charge in [0.25, 0.3) is 0 Å². The van der Waals surface area contributed by atoms with Gasteiger partial charge in [0.2, 0.25) is 5.92 Å². The molecule has 0 heterocycles. The van der Waals surface area contributed by atoms with E-state index >= 15 is 0 Å². The van der Waals surface area contributed by atoms with Crippen molar-refractivity contribution < 1.29 is 18.3 Å². The van der Waals surface area contributed by atoms with Crippen LogP contribution in [-0.2, 0) is 6.42 Å². The first-order chi connectivity index (χ1) is 8.85. The fourth-order valence-electron chi connectivity index (χ4n) is 2.58. The molecule has 1 fully saturated rings. The summed E-state index contributed by atoms with van der Waals surface area (Å²) in [4.78, 5) is 0. The van der Waals surface area contributed by atoms with Gasteiger partial charge in [-0.1, -0.05) is 15.9 Å². The van der Waals surface area contributed by atoms with Gasteiger partial charge in [-0.3, -0.25) is 0 Å². The summed E-state index contributed by atoms with van der Waals surface area (Å²) in [5, 5.41) is 10.1. The Balaban J connectivity index is 1.96. The fraction of sp³-hybridized carbons (Fsp3) is 0.571. The highest BCUT2D eigenvalue weighted by Crippen LogP contribution is 2.38. The van der Waals surface area contributed by atoms with Gasteiger partial charge in [-0.2, -0.15) is 0 Å². The monoisotopic (exact) mass is 336 g/mol. The highest BCUT2D eigenvalue weighted by atomic mass is 79.9. The molecule has 19 heavy (non-hydrogen) atoms. The van der Waals surface area contributed by atoms with Crippen molar-refractivity contribution in [2.45, 2.75) is 44.1 Å². The van der Waals surface area contributed by atoms with Gasteiger partial charge in [0.1, 0.15) is 5.82 Å². The Bertz CT molecular complexity index is 420. The van der Waals surface area contributed by atoms with Crippen molar-refractivity contribution in [3.05, 3.63) is 34.1 Å². The summed E-state index contributed by atoms with van der Waals surface area (Å²) >= 11 is 3.19. The summed E-state index contributed by atoms with van der Waals surface area (Å²) in [6, 6.07) is 4.45. The number of hydrogen-bond donors (Lipinski definition) is 1. The van der Waals surface area contributed by atoms with E-state index in [2.05, 4.69) is 15.9 Å². The molecule has 0 aromatic heterocycles. The Morgan fingerprint density at radius 2 is 1.89 bits per heavy atom. The van der Waals surface area contributed by atoms with Gasteiger partial charge in [0, 0.05) is 17.3 Å². The molecule has 1 N–H and O–H groups in total. The molecule has 1 aliphatic carbocycles. The third-order valence-corrected chi connectivity index (χ3v) is 4.13. The van der Waals surface area contributed by atoms with Crippen LogP contribution in [0.25, 0.3) is 0 Å². The Labute approximate surface area is 119 Å². The molecular weight excluding hydrogens is 321 g/mol. The van der Waals surface area contributed by atoms with Gasteiger partial charge in [0.05, 0.1) is 6.10 Å². The normalized spacial score (nSPS) is 21.3. The van der Waals surface area contributed by atoms with Crippen LogP contribution in [0.3, 0.4) is 0 Å². The standard InChI is InChI=1S/C14H16BrF3O/c15-11-5-9(6-12(16)8-11)7-13(19)10-1-3-14(17,18)4-2-10/h5-6,8,10,13,19H,1-4,7H2. The lowest BCUT2D eigenvalue weighted by Gasteiger charge is -2.31. The van der Waals surface area contributed by atoms with Crippen LogP contribution in [0.4, 0.5) is 13.2 Å². The summed E-state index contributed by atoms with van der Waals surface area (Å²) in [6.07, 6.45) is -0.0739. The number of aliphatic hydroxyl groups is 1. The molecule has 1 aromatic rings. The van der Waals surface area contributed by atoms with Crippen LogP contribution in [0.2, 0.25) is 0 Å². The molecule has 106 valence electrons. The zero-order valence-electron chi connectivity index (χ0n) is 10.4. The zero-order valence-corrected chi connectivity index (χ0v) is 12.0. The Morgan fingerprint density at radius 1 is 1.26 bits per heavy atom. The van der Waals surface area contributed by atoms with E-state index in [-0.39, 0.29) is 24.6 Å². The van der Waals surface area contributed by atoms with Gasteiger partial charge < -0.3 is 5.11 Å². The number of aliphatic hydroxyl groups excluding tert-OH is 1. The number of rotatable bonds is 3. The molecule has 5 heteroatoms.